The van der Waals surface area contributed by atoms with Gasteiger partial charge < -0.3 is 10.6 Å². The Kier molecular flexibility index (Phi) is 4.99. The quantitative estimate of drug-likeness (QED) is 0.658. The van der Waals surface area contributed by atoms with E-state index in [0.717, 1.165) is 5.69 Å². The molecule has 2 aromatic carbocycles. The lowest BCUT2D eigenvalue weighted by Gasteiger charge is -2.11. The number of aromatic nitrogens is 1. The highest BCUT2D eigenvalue weighted by atomic mass is 35.5. The summed E-state index contributed by atoms with van der Waals surface area (Å²) in [4.78, 5) is 16.4. The average molecular weight is 358 g/mol. The molecule has 0 atom stereocenters. The molecule has 4 nitrogen and oxygen atoms in total. The van der Waals surface area contributed by atoms with Crippen molar-refractivity contribution in [3.8, 4) is 0 Å². The minimum atomic E-state index is -0.248. The maximum atomic E-state index is 12.3. The summed E-state index contributed by atoms with van der Waals surface area (Å²) < 4.78 is 0. The molecule has 1 amide bonds. The average Bonchev–Trinajstić information content (AvgIpc) is 2.59. The Morgan fingerprint density at radius 3 is 2.29 bits per heavy atom. The Morgan fingerprint density at radius 1 is 0.875 bits per heavy atom. The van der Waals surface area contributed by atoms with Crippen molar-refractivity contribution in [1.29, 1.82) is 0 Å². The molecule has 0 saturated carbocycles. The molecule has 3 rings (SSSR count). The highest BCUT2D eigenvalue weighted by Gasteiger charge is 2.10. The number of hydrogen-bond donors (Lipinski definition) is 2. The molecule has 1 aromatic heterocycles. The standard InChI is InChI=1S/C18H13Cl2N3O/c19-15-7-4-8-16(20)17(15)22-14-9-12(10-21-11-14)18(24)23-13-5-2-1-3-6-13/h1-11,22H,(H,23,24). The third-order valence-corrected chi connectivity index (χ3v) is 3.89. The normalized spacial score (nSPS) is 10.2. The molecule has 3 aromatic rings. The van der Waals surface area contributed by atoms with Crippen LogP contribution in [0.5, 0.6) is 0 Å². The molecule has 0 aliphatic rings. The number of anilines is 3. The van der Waals surface area contributed by atoms with Crippen molar-refractivity contribution in [3.63, 3.8) is 0 Å². The number of hydrogen-bond acceptors (Lipinski definition) is 3. The van der Waals surface area contributed by atoms with E-state index in [1.165, 1.54) is 6.20 Å². The summed E-state index contributed by atoms with van der Waals surface area (Å²) in [7, 11) is 0. The van der Waals surface area contributed by atoms with Crippen molar-refractivity contribution in [2.45, 2.75) is 0 Å². The third kappa shape index (κ3) is 3.85. The molecule has 0 aliphatic heterocycles. The first-order chi connectivity index (χ1) is 11.6. The molecule has 1 heterocycles. The van der Waals surface area contributed by atoms with Gasteiger partial charge in [0, 0.05) is 11.9 Å². The highest BCUT2D eigenvalue weighted by Crippen LogP contribution is 2.32. The monoisotopic (exact) mass is 357 g/mol. The number of carbonyl (C=O) groups is 1. The maximum absolute atomic E-state index is 12.3. The summed E-state index contributed by atoms with van der Waals surface area (Å²) in [6.07, 6.45) is 3.09. The van der Waals surface area contributed by atoms with Gasteiger partial charge >= 0.3 is 0 Å². The fourth-order valence-electron chi connectivity index (χ4n) is 2.12. The van der Waals surface area contributed by atoms with Crippen LogP contribution in [0.4, 0.5) is 17.1 Å². The zero-order valence-corrected chi connectivity index (χ0v) is 14.0. The lowest BCUT2D eigenvalue weighted by Crippen LogP contribution is -2.12. The Balaban J connectivity index is 1.80. The van der Waals surface area contributed by atoms with E-state index in [1.807, 2.05) is 30.3 Å². The third-order valence-electron chi connectivity index (χ3n) is 3.26. The van der Waals surface area contributed by atoms with Gasteiger partial charge in [0.2, 0.25) is 0 Å². The molecule has 0 saturated heterocycles. The molecule has 6 heteroatoms. The van der Waals surface area contributed by atoms with Gasteiger partial charge in [-0.2, -0.15) is 0 Å². The molecule has 0 bridgehead atoms. The van der Waals surface area contributed by atoms with Crippen LogP contribution in [0.2, 0.25) is 10.0 Å². The first-order valence-corrected chi connectivity index (χ1v) is 7.91. The van der Waals surface area contributed by atoms with E-state index in [0.29, 0.717) is 27.0 Å². The van der Waals surface area contributed by atoms with Gasteiger partial charge in [-0.05, 0) is 30.3 Å². The molecule has 0 fully saturated rings. The van der Waals surface area contributed by atoms with Gasteiger partial charge in [-0.1, -0.05) is 47.5 Å². The van der Waals surface area contributed by atoms with Crippen molar-refractivity contribution >= 4 is 46.2 Å². The van der Waals surface area contributed by atoms with Gasteiger partial charge in [0.15, 0.2) is 0 Å². The second-order valence-electron chi connectivity index (χ2n) is 5.00. The van der Waals surface area contributed by atoms with Gasteiger partial charge in [-0.25, -0.2) is 0 Å². The number of halogens is 2. The van der Waals surface area contributed by atoms with E-state index in [1.54, 1.807) is 30.5 Å². The van der Waals surface area contributed by atoms with Crippen LogP contribution in [0.15, 0.2) is 67.0 Å². The number of carbonyl (C=O) groups excluding carboxylic acids is 1. The van der Waals surface area contributed by atoms with Gasteiger partial charge in [-0.3, -0.25) is 9.78 Å². The van der Waals surface area contributed by atoms with Crippen LogP contribution >= 0.6 is 23.2 Å². The molecular formula is C18H13Cl2N3O. The van der Waals surface area contributed by atoms with Gasteiger partial charge in [0.25, 0.3) is 5.91 Å². The van der Waals surface area contributed by atoms with Crippen LogP contribution in [-0.2, 0) is 0 Å². The summed E-state index contributed by atoms with van der Waals surface area (Å²) in [5.41, 5.74) is 2.33. The summed E-state index contributed by atoms with van der Waals surface area (Å²) >= 11 is 12.3. The fourth-order valence-corrected chi connectivity index (χ4v) is 2.61. The SMILES string of the molecule is O=C(Nc1ccccc1)c1cncc(Nc2c(Cl)cccc2Cl)c1. The topological polar surface area (TPSA) is 54.0 Å². The van der Waals surface area contributed by atoms with Gasteiger partial charge in [0.05, 0.1) is 33.2 Å². The zero-order valence-electron chi connectivity index (χ0n) is 12.5. The summed E-state index contributed by atoms with van der Waals surface area (Å²) in [6.45, 7) is 0. The van der Waals surface area contributed by atoms with Crippen molar-refractivity contribution in [2.75, 3.05) is 10.6 Å². The smallest absolute Gasteiger partial charge is 0.257 e. The number of benzene rings is 2. The molecule has 24 heavy (non-hydrogen) atoms. The van der Waals surface area contributed by atoms with E-state index >= 15 is 0 Å². The van der Waals surface area contributed by atoms with E-state index in [4.69, 9.17) is 23.2 Å². The van der Waals surface area contributed by atoms with E-state index < -0.39 is 0 Å². The second-order valence-corrected chi connectivity index (χ2v) is 5.82. The number of nitrogens with one attached hydrogen (secondary N) is 2. The first kappa shape index (κ1) is 16.3. The Hall–Kier alpha value is -2.56. The van der Waals surface area contributed by atoms with Crippen LogP contribution < -0.4 is 10.6 Å². The van der Waals surface area contributed by atoms with Crippen LogP contribution in [-0.4, -0.2) is 10.9 Å². The van der Waals surface area contributed by atoms with Crippen molar-refractivity contribution in [3.05, 3.63) is 82.6 Å². The molecule has 0 radical (unpaired) electrons. The predicted molar refractivity (Wildman–Crippen MR) is 98.4 cm³/mol. The summed E-state index contributed by atoms with van der Waals surface area (Å²) in [5, 5.41) is 6.88. The Morgan fingerprint density at radius 2 is 1.58 bits per heavy atom. The number of para-hydroxylation sites is 2. The number of nitrogens with zero attached hydrogens (tertiary/aromatic N) is 1. The van der Waals surface area contributed by atoms with Crippen molar-refractivity contribution in [1.82, 2.24) is 4.98 Å². The molecule has 0 aliphatic carbocycles. The largest absolute Gasteiger partial charge is 0.352 e. The number of rotatable bonds is 4. The fraction of sp³-hybridized carbons (Fsp3) is 0. The molecule has 120 valence electrons. The number of amides is 1. The minimum absolute atomic E-state index is 0.248. The summed E-state index contributed by atoms with van der Waals surface area (Å²) in [5.74, 6) is -0.248. The first-order valence-electron chi connectivity index (χ1n) is 7.16. The van der Waals surface area contributed by atoms with E-state index in [-0.39, 0.29) is 5.91 Å². The lowest BCUT2D eigenvalue weighted by molar-refractivity contribution is 0.102. The lowest BCUT2D eigenvalue weighted by atomic mass is 10.2. The zero-order chi connectivity index (χ0) is 16.9. The van der Waals surface area contributed by atoms with Crippen molar-refractivity contribution < 1.29 is 4.79 Å². The van der Waals surface area contributed by atoms with Crippen LogP contribution in [0.3, 0.4) is 0 Å². The maximum Gasteiger partial charge on any atom is 0.257 e. The molecule has 2 N–H and O–H groups in total. The highest BCUT2D eigenvalue weighted by molar-refractivity contribution is 6.39. The van der Waals surface area contributed by atoms with Crippen molar-refractivity contribution in [2.24, 2.45) is 0 Å². The van der Waals surface area contributed by atoms with E-state index in [2.05, 4.69) is 15.6 Å². The Labute approximate surface area is 149 Å². The van der Waals surface area contributed by atoms with Crippen LogP contribution in [0.1, 0.15) is 10.4 Å². The predicted octanol–water partition coefficient (Wildman–Crippen LogP) is 5.38. The molecular weight excluding hydrogens is 345 g/mol. The van der Waals surface area contributed by atoms with Crippen LogP contribution in [0, 0.1) is 0 Å². The second kappa shape index (κ2) is 7.34. The van der Waals surface area contributed by atoms with Crippen LogP contribution in [0.25, 0.3) is 0 Å². The number of pyridine rings is 1. The summed E-state index contributed by atoms with van der Waals surface area (Å²) in [6, 6.07) is 16.1. The minimum Gasteiger partial charge on any atom is -0.352 e. The molecule has 0 spiro atoms. The van der Waals surface area contributed by atoms with Gasteiger partial charge in [-0.15, -0.1) is 0 Å². The molecule has 0 unspecified atom stereocenters. The Bertz CT molecular complexity index is 849. The van der Waals surface area contributed by atoms with E-state index in [9.17, 15) is 4.79 Å². The van der Waals surface area contributed by atoms with Gasteiger partial charge in [0.1, 0.15) is 0 Å².